The highest BCUT2D eigenvalue weighted by molar-refractivity contribution is 4.78. The highest BCUT2D eigenvalue weighted by Gasteiger charge is 2.18. The standard InChI is InChI=1S/C10H22N2O/c1-9(2)13-7-6-12(3)10-4-5-11-8-10/h9-11H,4-8H2,1-3H3. The summed E-state index contributed by atoms with van der Waals surface area (Å²) in [5.41, 5.74) is 0. The molecular formula is C10H22N2O. The van der Waals surface area contributed by atoms with Gasteiger partial charge in [0.05, 0.1) is 12.7 Å². The minimum absolute atomic E-state index is 0.357. The minimum Gasteiger partial charge on any atom is -0.377 e. The molecule has 1 unspecified atom stereocenters. The van der Waals surface area contributed by atoms with Crippen molar-refractivity contribution in [3.05, 3.63) is 0 Å². The lowest BCUT2D eigenvalue weighted by Crippen LogP contribution is -2.36. The molecule has 78 valence electrons. The third-order valence-corrected chi connectivity index (χ3v) is 2.55. The Bertz CT molecular complexity index is 133. The molecule has 1 saturated heterocycles. The second-order valence-corrected chi connectivity index (χ2v) is 4.05. The number of likely N-dealkylation sites (N-methyl/N-ethyl adjacent to an activating group) is 1. The lowest BCUT2D eigenvalue weighted by molar-refractivity contribution is 0.0575. The summed E-state index contributed by atoms with van der Waals surface area (Å²) < 4.78 is 5.51. The van der Waals surface area contributed by atoms with Crippen LogP contribution < -0.4 is 5.32 Å². The maximum absolute atomic E-state index is 5.51. The number of hydrogen-bond acceptors (Lipinski definition) is 3. The molecule has 1 heterocycles. The second-order valence-electron chi connectivity index (χ2n) is 4.05. The zero-order chi connectivity index (χ0) is 9.68. The summed E-state index contributed by atoms with van der Waals surface area (Å²) in [6.45, 7) is 8.36. The zero-order valence-electron chi connectivity index (χ0n) is 9.05. The second kappa shape index (κ2) is 5.58. The van der Waals surface area contributed by atoms with E-state index in [1.807, 2.05) is 0 Å². The summed E-state index contributed by atoms with van der Waals surface area (Å²) in [5.74, 6) is 0. The Morgan fingerprint density at radius 2 is 2.31 bits per heavy atom. The van der Waals surface area contributed by atoms with Crippen molar-refractivity contribution in [3.8, 4) is 0 Å². The van der Waals surface area contributed by atoms with Crippen LogP contribution in [0.25, 0.3) is 0 Å². The van der Waals surface area contributed by atoms with Crippen LogP contribution in [0.1, 0.15) is 20.3 Å². The van der Waals surface area contributed by atoms with Gasteiger partial charge in [0.25, 0.3) is 0 Å². The maximum Gasteiger partial charge on any atom is 0.0596 e. The first-order valence-corrected chi connectivity index (χ1v) is 5.22. The van der Waals surface area contributed by atoms with Crippen molar-refractivity contribution in [2.75, 3.05) is 33.3 Å². The molecule has 13 heavy (non-hydrogen) atoms. The SMILES string of the molecule is CC(C)OCCN(C)C1CCNC1. The minimum atomic E-state index is 0.357. The predicted octanol–water partition coefficient (Wildman–Crippen LogP) is 0.705. The number of nitrogens with zero attached hydrogens (tertiary/aromatic N) is 1. The van der Waals surface area contributed by atoms with E-state index in [0.717, 1.165) is 25.7 Å². The van der Waals surface area contributed by atoms with Gasteiger partial charge in [0, 0.05) is 19.1 Å². The smallest absolute Gasteiger partial charge is 0.0596 e. The van der Waals surface area contributed by atoms with Crippen LogP contribution in [0, 0.1) is 0 Å². The summed E-state index contributed by atoms with van der Waals surface area (Å²) in [7, 11) is 2.18. The Kier molecular flexibility index (Phi) is 4.70. The van der Waals surface area contributed by atoms with Crippen molar-refractivity contribution < 1.29 is 4.74 Å². The molecule has 1 fully saturated rings. The van der Waals surface area contributed by atoms with Gasteiger partial charge in [0.15, 0.2) is 0 Å². The molecule has 0 aromatic carbocycles. The molecule has 1 aliphatic heterocycles. The van der Waals surface area contributed by atoms with Crippen LogP contribution in [-0.2, 0) is 4.74 Å². The molecule has 0 aromatic heterocycles. The average Bonchev–Trinajstić information content (AvgIpc) is 2.55. The Labute approximate surface area is 81.4 Å². The molecule has 1 aliphatic rings. The van der Waals surface area contributed by atoms with Gasteiger partial charge in [-0.1, -0.05) is 0 Å². The van der Waals surface area contributed by atoms with Gasteiger partial charge in [0.2, 0.25) is 0 Å². The van der Waals surface area contributed by atoms with E-state index in [4.69, 9.17) is 4.74 Å². The van der Waals surface area contributed by atoms with Gasteiger partial charge in [-0.25, -0.2) is 0 Å². The molecule has 0 aromatic rings. The van der Waals surface area contributed by atoms with Crippen LogP contribution in [-0.4, -0.2) is 50.3 Å². The molecule has 0 spiro atoms. The summed E-state index contributed by atoms with van der Waals surface area (Å²) >= 11 is 0. The highest BCUT2D eigenvalue weighted by atomic mass is 16.5. The highest BCUT2D eigenvalue weighted by Crippen LogP contribution is 2.05. The molecule has 1 atom stereocenters. The van der Waals surface area contributed by atoms with E-state index >= 15 is 0 Å². The molecule has 0 aliphatic carbocycles. The monoisotopic (exact) mass is 186 g/mol. The van der Waals surface area contributed by atoms with Crippen molar-refractivity contribution in [3.63, 3.8) is 0 Å². The van der Waals surface area contributed by atoms with Gasteiger partial charge in [-0.05, 0) is 33.9 Å². The van der Waals surface area contributed by atoms with E-state index in [0.29, 0.717) is 6.10 Å². The molecule has 0 saturated carbocycles. The summed E-state index contributed by atoms with van der Waals surface area (Å²) in [4.78, 5) is 2.39. The maximum atomic E-state index is 5.51. The van der Waals surface area contributed by atoms with Crippen molar-refractivity contribution in [2.24, 2.45) is 0 Å². The lowest BCUT2D eigenvalue weighted by Gasteiger charge is -2.23. The summed E-state index contributed by atoms with van der Waals surface area (Å²) in [6.07, 6.45) is 1.63. The quantitative estimate of drug-likeness (QED) is 0.684. The van der Waals surface area contributed by atoms with E-state index in [-0.39, 0.29) is 0 Å². The third kappa shape index (κ3) is 4.07. The number of ether oxygens (including phenoxy) is 1. The van der Waals surface area contributed by atoms with Crippen molar-refractivity contribution in [1.29, 1.82) is 0 Å². The molecule has 0 radical (unpaired) electrons. The number of rotatable bonds is 5. The van der Waals surface area contributed by atoms with Gasteiger partial charge >= 0.3 is 0 Å². The van der Waals surface area contributed by atoms with Crippen LogP contribution in [0.4, 0.5) is 0 Å². The largest absolute Gasteiger partial charge is 0.377 e. The number of hydrogen-bond donors (Lipinski definition) is 1. The first kappa shape index (κ1) is 11.0. The summed E-state index contributed by atoms with van der Waals surface area (Å²) in [5, 5.41) is 3.37. The molecule has 0 bridgehead atoms. The van der Waals surface area contributed by atoms with Gasteiger partial charge in [0.1, 0.15) is 0 Å². The molecule has 3 nitrogen and oxygen atoms in total. The number of nitrogens with one attached hydrogen (secondary N) is 1. The molecule has 1 N–H and O–H groups in total. The van der Waals surface area contributed by atoms with Gasteiger partial charge < -0.3 is 10.1 Å². The normalized spacial score (nSPS) is 23.3. The van der Waals surface area contributed by atoms with Crippen LogP contribution in [0.5, 0.6) is 0 Å². The fourth-order valence-electron chi connectivity index (χ4n) is 1.63. The average molecular weight is 186 g/mol. The van der Waals surface area contributed by atoms with Crippen LogP contribution in [0.2, 0.25) is 0 Å². The zero-order valence-corrected chi connectivity index (χ0v) is 9.05. The van der Waals surface area contributed by atoms with Gasteiger partial charge in [-0.15, -0.1) is 0 Å². The lowest BCUT2D eigenvalue weighted by atomic mass is 10.2. The summed E-state index contributed by atoms with van der Waals surface area (Å²) in [6, 6.07) is 0.718. The Hall–Kier alpha value is -0.120. The van der Waals surface area contributed by atoms with Crippen molar-refractivity contribution in [1.82, 2.24) is 10.2 Å². The fraction of sp³-hybridized carbons (Fsp3) is 1.00. The first-order valence-electron chi connectivity index (χ1n) is 5.22. The van der Waals surface area contributed by atoms with Crippen LogP contribution in [0.3, 0.4) is 0 Å². The molecule has 3 heteroatoms. The fourth-order valence-corrected chi connectivity index (χ4v) is 1.63. The Balaban J connectivity index is 2.06. The van der Waals surface area contributed by atoms with Crippen LogP contribution in [0.15, 0.2) is 0 Å². The predicted molar refractivity (Wildman–Crippen MR) is 55.0 cm³/mol. The van der Waals surface area contributed by atoms with Gasteiger partial charge in [-0.2, -0.15) is 0 Å². The molecule has 0 amide bonds. The topological polar surface area (TPSA) is 24.5 Å². The van der Waals surface area contributed by atoms with E-state index in [2.05, 4.69) is 31.1 Å². The van der Waals surface area contributed by atoms with Gasteiger partial charge in [-0.3, -0.25) is 4.90 Å². The molecular weight excluding hydrogens is 164 g/mol. The first-order chi connectivity index (χ1) is 6.20. The molecule has 1 rings (SSSR count). The van der Waals surface area contributed by atoms with Crippen LogP contribution >= 0.6 is 0 Å². The van der Waals surface area contributed by atoms with E-state index < -0.39 is 0 Å². The third-order valence-electron chi connectivity index (χ3n) is 2.55. The van der Waals surface area contributed by atoms with Crippen molar-refractivity contribution >= 4 is 0 Å². The Morgan fingerprint density at radius 3 is 2.85 bits per heavy atom. The van der Waals surface area contributed by atoms with E-state index in [1.165, 1.54) is 13.0 Å². The Morgan fingerprint density at radius 1 is 1.54 bits per heavy atom. The van der Waals surface area contributed by atoms with Crippen molar-refractivity contribution in [2.45, 2.75) is 32.4 Å². The van der Waals surface area contributed by atoms with E-state index in [1.54, 1.807) is 0 Å². The van der Waals surface area contributed by atoms with E-state index in [9.17, 15) is 0 Å².